The molecule has 1 heterocycles. The highest BCUT2D eigenvalue weighted by Crippen LogP contribution is 2.27. The van der Waals surface area contributed by atoms with Crippen LogP contribution in [0.15, 0.2) is 0 Å². The predicted octanol–water partition coefficient (Wildman–Crippen LogP) is 2.89. The highest BCUT2D eigenvalue weighted by Gasteiger charge is 2.42. The fourth-order valence-corrected chi connectivity index (χ4v) is 2.62. The Hall–Kier alpha value is -1.63. The van der Waals surface area contributed by atoms with Crippen molar-refractivity contribution in [1.29, 1.82) is 0 Å². The molecule has 7 heteroatoms. The summed E-state index contributed by atoms with van der Waals surface area (Å²) in [6.45, 7) is 7.35. The molecule has 0 spiro atoms. The summed E-state index contributed by atoms with van der Waals surface area (Å²) in [6.07, 6.45) is 0.253. The van der Waals surface area contributed by atoms with E-state index in [1.165, 1.54) is 0 Å². The van der Waals surface area contributed by atoms with Gasteiger partial charge in [0.05, 0.1) is 12.5 Å². The minimum atomic E-state index is -0.811. The van der Waals surface area contributed by atoms with Gasteiger partial charge in [-0.05, 0) is 26.2 Å². The van der Waals surface area contributed by atoms with E-state index in [-0.39, 0.29) is 37.2 Å². The van der Waals surface area contributed by atoms with E-state index in [2.05, 4.69) is 0 Å². The Bertz CT molecular complexity index is 449. The van der Waals surface area contributed by atoms with Crippen molar-refractivity contribution in [3.63, 3.8) is 0 Å². The Morgan fingerprint density at radius 1 is 0.840 bits per heavy atom. The zero-order valence-electron chi connectivity index (χ0n) is 15.6. The van der Waals surface area contributed by atoms with Gasteiger partial charge in [0, 0.05) is 19.3 Å². The monoisotopic (exact) mass is 358 g/mol. The second kappa shape index (κ2) is 11.1. The maximum absolute atomic E-state index is 11.9. The topological polar surface area (TPSA) is 88.1 Å². The Kier molecular flexibility index (Phi) is 9.49. The van der Waals surface area contributed by atoms with Gasteiger partial charge in [-0.2, -0.15) is 0 Å². The van der Waals surface area contributed by atoms with Crippen LogP contribution in [-0.2, 0) is 33.3 Å². The first-order chi connectivity index (χ1) is 11.9. The number of ether oxygens (including phenoxy) is 4. The van der Waals surface area contributed by atoms with Gasteiger partial charge >= 0.3 is 17.9 Å². The molecular formula is C18H30O7. The molecule has 0 radical (unpaired) electrons. The van der Waals surface area contributed by atoms with Crippen LogP contribution in [0.1, 0.15) is 72.6 Å². The molecular weight excluding hydrogens is 328 g/mol. The summed E-state index contributed by atoms with van der Waals surface area (Å²) in [5, 5.41) is 0. The molecule has 0 aromatic carbocycles. The van der Waals surface area contributed by atoms with Crippen LogP contribution in [0.4, 0.5) is 0 Å². The number of hydrogen-bond donors (Lipinski definition) is 0. The van der Waals surface area contributed by atoms with Crippen LogP contribution in [0.5, 0.6) is 0 Å². The molecule has 4 atom stereocenters. The molecule has 0 N–H and O–H groups in total. The summed E-state index contributed by atoms with van der Waals surface area (Å²) in [4.78, 5) is 35.4. The normalized spacial score (nSPS) is 25.9. The summed E-state index contributed by atoms with van der Waals surface area (Å²) in [6, 6.07) is 0. The van der Waals surface area contributed by atoms with E-state index < -0.39 is 24.6 Å². The van der Waals surface area contributed by atoms with Crippen LogP contribution in [0, 0.1) is 0 Å². The van der Waals surface area contributed by atoms with Gasteiger partial charge in [0.1, 0.15) is 6.10 Å². The summed E-state index contributed by atoms with van der Waals surface area (Å²) in [7, 11) is 0. The van der Waals surface area contributed by atoms with Crippen molar-refractivity contribution in [2.24, 2.45) is 0 Å². The average molecular weight is 358 g/mol. The molecule has 0 amide bonds. The number of carbonyl (C=O) groups is 3. The lowest BCUT2D eigenvalue weighted by atomic mass is 10.0. The zero-order valence-corrected chi connectivity index (χ0v) is 15.6. The molecule has 1 fully saturated rings. The van der Waals surface area contributed by atoms with E-state index in [9.17, 15) is 14.4 Å². The lowest BCUT2D eigenvalue weighted by molar-refractivity contribution is -0.251. The number of carbonyl (C=O) groups excluding carboxylic acids is 3. The molecule has 0 aromatic rings. The van der Waals surface area contributed by atoms with Gasteiger partial charge in [-0.25, -0.2) is 0 Å². The Morgan fingerprint density at radius 2 is 1.32 bits per heavy atom. The minimum absolute atomic E-state index is 0.152. The van der Waals surface area contributed by atoms with E-state index >= 15 is 0 Å². The Balaban J connectivity index is 2.78. The molecule has 0 aromatic heterocycles. The van der Waals surface area contributed by atoms with Gasteiger partial charge in [-0.15, -0.1) is 0 Å². The van der Waals surface area contributed by atoms with Gasteiger partial charge in [0.15, 0.2) is 6.10 Å². The lowest BCUT2D eigenvalue weighted by Crippen LogP contribution is -2.51. The summed E-state index contributed by atoms with van der Waals surface area (Å²) >= 11 is 0. The van der Waals surface area contributed by atoms with Crippen LogP contribution >= 0.6 is 0 Å². The largest absolute Gasteiger partial charge is 0.458 e. The van der Waals surface area contributed by atoms with Gasteiger partial charge < -0.3 is 18.9 Å². The second-order valence-corrected chi connectivity index (χ2v) is 6.23. The molecule has 0 aliphatic carbocycles. The first-order valence-corrected chi connectivity index (χ1v) is 9.15. The van der Waals surface area contributed by atoms with E-state index in [1.807, 2.05) is 20.8 Å². The van der Waals surface area contributed by atoms with Crippen molar-refractivity contribution in [2.75, 3.05) is 0 Å². The number of hydrogen-bond acceptors (Lipinski definition) is 7. The van der Waals surface area contributed by atoms with E-state index in [4.69, 9.17) is 18.9 Å². The van der Waals surface area contributed by atoms with Crippen molar-refractivity contribution >= 4 is 17.9 Å². The fraction of sp³-hybridized carbons (Fsp3) is 0.833. The second-order valence-electron chi connectivity index (χ2n) is 6.23. The molecule has 25 heavy (non-hydrogen) atoms. The quantitative estimate of drug-likeness (QED) is 0.462. The first-order valence-electron chi connectivity index (χ1n) is 9.15. The fourth-order valence-electron chi connectivity index (χ4n) is 2.62. The third kappa shape index (κ3) is 7.42. The standard InChI is InChI=1S/C18H30O7/c1-5-8-14(19)23-13-11-17(24-15(20)9-6-2)22-12(4)18(13)25-16(21)10-7-3/h12-13,17-18H,5-11H2,1-4H3/t12-,13-,17?,18-/m0/s1. The zero-order chi connectivity index (χ0) is 18.8. The van der Waals surface area contributed by atoms with Crippen LogP contribution in [0.25, 0.3) is 0 Å². The third-order valence-electron chi connectivity index (χ3n) is 3.80. The molecule has 1 unspecified atom stereocenters. The SMILES string of the molecule is CCCC(=O)OC1C[C@H](OC(=O)CCC)[C@@H](OC(=O)CCC)[C@H](C)O1. The van der Waals surface area contributed by atoms with Crippen LogP contribution in [0.2, 0.25) is 0 Å². The van der Waals surface area contributed by atoms with E-state index in [0.717, 1.165) is 0 Å². The molecule has 0 saturated carbocycles. The van der Waals surface area contributed by atoms with E-state index in [0.29, 0.717) is 25.7 Å². The molecule has 144 valence electrons. The van der Waals surface area contributed by atoms with Gasteiger partial charge in [0.25, 0.3) is 0 Å². The maximum Gasteiger partial charge on any atom is 0.308 e. The summed E-state index contributed by atoms with van der Waals surface area (Å²) < 4.78 is 21.9. The van der Waals surface area contributed by atoms with E-state index in [1.54, 1.807) is 6.92 Å². The predicted molar refractivity (Wildman–Crippen MR) is 89.5 cm³/mol. The highest BCUT2D eigenvalue weighted by molar-refractivity contribution is 5.71. The Morgan fingerprint density at radius 3 is 1.84 bits per heavy atom. The van der Waals surface area contributed by atoms with Crippen molar-refractivity contribution in [1.82, 2.24) is 0 Å². The first kappa shape index (κ1) is 21.4. The maximum atomic E-state index is 11.9. The number of rotatable bonds is 9. The van der Waals surface area contributed by atoms with Crippen molar-refractivity contribution in [3.8, 4) is 0 Å². The molecule has 7 nitrogen and oxygen atoms in total. The van der Waals surface area contributed by atoms with Crippen molar-refractivity contribution in [3.05, 3.63) is 0 Å². The number of esters is 3. The van der Waals surface area contributed by atoms with Gasteiger partial charge in [0.2, 0.25) is 6.29 Å². The molecule has 1 aliphatic heterocycles. The van der Waals surface area contributed by atoms with Crippen molar-refractivity contribution < 1.29 is 33.3 Å². The molecule has 1 rings (SSSR count). The Labute approximate surface area is 149 Å². The van der Waals surface area contributed by atoms with Crippen LogP contribution in [-0.4, -0.2) is 42.5 Å². The lowest BCUT2D eigenvalue weighted by Gasteiger charge is -2.38. The summed E-state index contributed by atoms with van der Waals surface area (Å²) in [5.74, 6) is -1.09. The molecule has 1 saturated heterocycles. The average Bonchev–Trinajstić information content (AvgIpc) is 2.51. The molecule has 1 aliphatic rings. The highest BCUT2D eigenvalue weighted by atomic mass is 16.7. The smallest absolute Gasteiger partial charge is 0.308 e. The van der Waals surface area contributed by atoms with Crippen molar-refractivity contribution in [2.45, 2.75) is 97.2 Å². The van der Waals surface area contributed by atoms with Crippen LogP contribution in [0.3, 0.4) is 0 Å². The third-order valence-corrected chi connectivity index (χ3v) is 3.80. The summed E-state index contributed by atoms with van der Waals surface area (Å²) in [5.41, 5.74) is 0. The minimum Gasteiger partial charge on any atom is -0.458 e. The van der Waals surface area contributed by atoms with Gasteiger partial charge in [-0.3, -0.25) is 14.4 Å². The van der Waals surface area contributed by atoms with Crippen LogP contribution < -0.4 is 0 Å². The van der Waals surface area contributed by atoms with Gasteiger partial charge in [-0.1, -0.05) is 20.8 Å². The molecule has 0 bridgehead atoms.